The van der Waals surface area contributed by atoms with Gasteiger partial charge < -0.3 is 4.90 Å². The van der Waals surface area contributed by atoms with Crippen LogP contribution in [0.5, 0.6) is 0 Å². The maximum absolute atomic E-state index is 9.28. The molecule has 0 atom stereocenters. The lowest BCUT2D eigenvalue weighted by Gasteiger charge is -2.00. The van der Waals surface area contributed by atoms with E-state index in [2.05, 4.69) is 16.0 Å². The van der Waals surface area contributed by atoms with E-state index in [-0.39, 0.29) is 0 Å². The number of aromatic nitrogens is 1. The predicted molar refractivity (Wildman–Crippen MR) is 78.8 cm³/mol. The molecule has 96 valence electrons. The van der Waals surface area contributed by atoms with Crippen LogP contribution in [0.25, 0.3) is 10.4 Å². The topological polar surface area (TPSA) is 52.3 Å². The van der Waals surface area contributed by atoms with Crippen LogP contribution < -0.4 is 0 Å². The second kappa shape index (κ2) is 5.63. The monoisotopic (exact) mass is 270 g/mol. The minimum Gasteiger partial charge on any atom is -0.369 e. The lowest BCUT2D eigenvalue weighted by Crippen LogP contribution is -2.06. The van der Waals surface area contributed by atoms with Crippen LogP contribution in [0, 0.1) is 18.3 Å². The lowest BCUT2D eigenvalue weighted by molar-refractivity contribution is 0.643. The molecule has 5 heteroatoms. The maximum Gasteiger partial charge on any atom is 0.136 e. The van der Waals surface area contributed by atoms with Crippen molar-refractivity contribution >= 4 is 22.7 Å². The number of thiophene rings is 1. The van der Waals surface area contributed by atoms with Gasteiger partial charge in [-0.05, 0) is 30.2 Å². The molecule has 0 saturated carbocycles. The van der Waals surface area contributed by atoms with E-state index in [9.17, 15) is 5.26 Å². The van der Waals surface area contributed by atoms with Gasteiger partial charge in [0.15, 0.2) is 0 Å². The minimum absolute atomic E-state index is 0.648. The highest BCUT2D eigenvalue weighted by molar-refractivity contribution is 7.19. The SMILES string of the molecule is Cc1c(-c2ccncc2)sc(/N=C/N(C)C)c1C#N. The van der Waals surface area contributed by atoms with Gasteiger partial charge in [-0.3, -0.25) is 4.98 Å². The van der Waals surface area contributed by atoms with Crippen molar-refractivity contribution < 1.29 is 0 Å². The first-order valence-electron chi connectivity index (χ1n) is 5.78. The first-order chi connectivity index (χ1) is 9.13. The largest absolute Gasteiger partial charge is 0.369 e. The van der Waals surface area contributed by atoms with Crippen LogP contribution >= 0.6 is 11.3 Å². The Morgan fingerprint density at radius 3 is 2.63 bits per heavy atom. The van der Waals surface area contributed by atoms with Crippen molar-refractivity contribution in [3.63, 3.8) is 0 Å². The van der Waals surface area contributed by atoms with Gasteiger partial charge in [0, 0.05) is 31.4 Å². The highest BCUT2D eigenvalue weighted by atomic mass is 32.1. The fraction of sp³-hybridized carbons (Fsp3) is 0.214. The van der Waals surface area contributed by atoms with Crippen LogP contribution in [0.3, 0.4) is 0 Å². The first kappa shape index (κ1) is 13.2. The molecule has 0 bridgehead atoms. The highest BCUT2D eigenvalue weighted by Crippen LogP contribution is 2.40. The smallest absolute Gasteiger partial charge is 0.136 e. The fourth-order valence-corrected chi connectivity index (χ4v) is 2.77. The number of nitrogens with zero attached hydrogens (tertiary/aromatic N) is 4. The summed E-state index contributed by atoms with van der Waals surface area (Å²) in [6.45, 7) is 1.96. The molecule has 0 radical (unpaired) electrons. The predicted octanol–water partition coefficient (Wildman–Crippen LogP) is 3.21. The average Bonchev–Trinajstić information content (AvgIpc) is 2.73. The van der Waals surface area contributed by atoms with Crippen molar-refractivity contribution in [2.24, 2.45) is 4.99 Å². The fourth-order valence-electron chi connectivity index (χ4n) is 1.67. The van der Waals surface area contributed by atoms with E-state index in [1.165, 1.54) is 11.3 Å². The molecule has 4 nitrogen and oxygen atoms in total. The first-order valence-corrected chi connectivity index (χ1v) is 6.59. The van der Waals surface area contributed by atoms with Gasteiger partial charge in [-0.1, -0.05) is 0 Å². The number of hydrogen-bond acceptors (Lipinski definition) is 4. The molecule has 0 aliphatic rings. The van der Waals surface area contributed by atoms with Crippen molar-refractivity contribution in [3.8, 4) is 16.5 Å². The van der Waals surface area contributed by atoms with Gasteiger partial charge in [-0.25, -0.2) is 4.99 Å². The quantitative estimate of drug-likeness (QED) is 0.635. The summed E-state index contributed by atoms with van der Waals surface area (Å²) < 4.78 is 0. The molecule has 2 heterocycles. The molecule has 0 aromatic carbocycles. The molecule has 2 rings (SSSR count). The van der Waals surface area contributed by atoms with E-state index in [0.29, 0.717) is 5.56 Å². The Labute approximate surface area is 116 Å². The molecule has 0 amide bonds. The van der Waals surface area contributed by atoms with Crippen LogP contribution in [-0.2, 0) is 0 Å². The molecule has 0 aliphatic heterocycles. The van der Waals surface area contributed by atoms with Gasteiger partial charge in [-0.15, -0.1) is 11.3 Å². The Kier molecular flexibility index (Phi) is 3.93. The van der Waals surface area contributed by atoms with Gasteiger partial charge in [0.25, 0.3) is 0 Å². The van der Waals surface area contributed by atoms with Crippen LogP contribution in [0.15, 0.2) is 29.5 Å². The molecule has 0 aliphatic carbocycles. The summed E-state index contributed by atoms with van der Waals surface area (Å²) in [6.07, 6.45) is 5.22. The summed E-state index contributed by atoms with van der Waals surface area (Å²) in [5, 5.41) is 10.0. The van der Waals surface area contributed by atoms with E-state index in [1.807, 2.05) is 38.1 Å². The average molecular weight is 270 g/mol. The number of nitriles is 1. The highest BCUT2D eigenvalue weighted by Gasteiger charge is 2.15. The molecule has 0 fully saturated rings. The second-order valence-electron chi connectivity index (χ2n) is 4.29. The van der Waals surface area contributed by atoms with Crippen LogP contribution in [0.2, 0.25) is 0 Å². The Bertz CT molecular complexity index is 635. The van der Waals surface area contributed by atoms with E-state index in [0.717, 1.165) is 21.0 Å². The third-order valence-corrected chi connectivity index (χ3v) is 3.84. The second-order valence-corrected chi connectivity index (χ2v) is 5.29. The molecule has 0 unspecified atom stereocenters. The lowest BCUT2D eigenvalue weighted by atomic mass is 10.1. The molecule has 19 heavy (non-hydrogen) atoms. The maximum atomic E-state index is 9.28. The standard InChI is InChI=1S/C14H14N4S/c1-10-12(8-15)14(17-9-18(2)3)19-13(10)11-4-6-16-7-5-11/h4-7,9H,1-3H3/b17-9+. The molecule has 0 N–H and O–H groups in total. The van der Waals surface area contributed by atoms with Gasteiger partial charge in [-0.2, -0.15) is 5.26 Å². The summed E-state index contributed by atoms with van der Waals surface area (Å²) in [4.78, 5) is 11.3. The summed E-state index contributed by atoms with van der Waals surface area (Å²) in [5.41, 5.74) is 2.69. The third kappa shape index (κ3) is 2.80. The van der Waals surface area contributed by atoms with Crippen molar-refractivity contribution in [2.45, 2.75) is 6.92 Å². The number of aliphatic imine (C=N–C) groups is 1. The van der Waals surface area contributed by atoms with Gasteiger partial charge >= 0.3 is 0 Å². The van der Waals surface area contributed by atoms with Crippen molar-refractivity contribution in [3.05, 3.63) is 35.7 Å². The Morgan fingerprint density at radius 1 is 1.37 bits per heavy atom. The van der Waals surface area contributed by atoms with Crippen molar-refractivity contribution in [1.82, 2.24) is 9.88 Å². The van der Waals surface area contributed by atoms with E-state index >= 15 is 0 Å². The van der Waals surface area contributed by atoms with Gasteiger partial charge in [0.1, 0.15) is 11.1 Å². The number of hydrogen-bond donors (Lipinski definition) is 0. The third-order valence-electron chi connectivity index (χ3n) is 2.59. The van der Waals surface area contributed by atoms with E-state index < -0.39 is 0 Å². The minimum atomic E-state index is 0.648. The van der Waals surface area contributed by atoms with E-state index in [4.69, 9.17) is 0 Å². The van der Waals surface area contributed by atoms with Gasteiger partial charge in [0.05, 0.1) is 11.9 Å². The van der Waals surface area contributed by atoms with Crippen molar-refractivity contribution in [2.75, 3.05) is 14.1 Å². The Morgan fingerprint density at radius 2 is 2.05 bits per heavy atom. The van der Waals surface area contributed by atoms with Crippen LogP contribution in [-0.4, -0.2) is 30.3 Å². The normalized spacial score (nSPS) is 10.6. The summed E-state index contributed by atoms with van der Waals surface area (Å²) in [5.74, 6) is 0. The molecule has 2 aromatic rings. The Hall–Kier alpha value is -2.19. The zero-order valence-corrected chi connectivity index (χ0v) is 11.9. The van der Waals surface area contributed by atoms with Gasteiger partial charge in [0.2, 0.25) is 0 Å². The molecule has 0 spiro atoms. The zero-order valence-electron chi connectivity index (χ0n) is 11.1. The summed E-state index contributed by atoms with van der Waals surface area (Å²) >= 11 is 1.53. The van der Waals surface area contributed by atoms with E-state index in [1.54, 1.807) is 18.7 Å². The number of rotatable bonds is 3. The zero-order chi connectivity index (χ0) is 13.8. The number of pyridine rings is 1. The van der Waals surface area contributed by atoms with Crippen molar-refractivity contribution in [1.29, 1.82) is 5.26 Å². The summed E-state index contributed by atoms with van der Waals surface area (Å²) in [7, 11) is 3.81. The van der Waals surface area contributed by atoms with Crippen LogP contribution in [0.4, 0.5) is 5.00 Å². The van der Waals surface area contributed by atoms with Crippen LogP contribution in [0.1, 0.15) is 11.1 Å². The molecular weight excluding hydrogens is 256 g/mol. The Balaban J connectivity index is 2.51. The summed E-state index contributed by atoms with van der Waals surface area (Å²) in [6, 6.07) is 6.13. The molecule has 2 aromatic heterocycles. The molecular formula is C14H14N4S. The molecule has 0 saturated heterocycles.